The van der Waals surface area contributed by atoms with E-state index in [9.17, 15) is 9.59 Å². The molecule has 0 aliphatic carbocycles. The van der Waals surface area contributed by atoms with Crippen LogP contribution in [0.2, 0.25) is 0 Å². The summed E-state index contributed by atoms with van der Waals surface area (Å²) < 4.78 is 26.5. The third-order valence-electron chi connectivity index (χ3n) is 7.19. The van der Waals surface area contributed by atoms with Crippen molar-refractivity contribution in [3.05, 3.63) is 130 Å². The number of ether oxygens (including phenoxy) is 3. The molecule has 6 rings (SSSR count). The molecule has 0 saturated carbocycles. The van der Waals surface area contributed by atoms with Crippen LogP contribution in [-0.2, 0) is 9.53 Å². The minimum atomic E-state index is -0.859. The molecule has 3 heterocycles. The first-order valence-electron chi connectivity index (χ1n) is 13.9. The molecular formula is C34H26Br2N2O6S. The van der Waals surface area contributed by atoms with Crippen molar-refractivity contribution in [3.8, 4) is 22.8 Å². The van der Waals surface area contributed by atoms with E-state index in [2.05, 4.69) is 31.9 Å². The summed E-state index contributed by atoms with van der Waals surface area (Å²) in [6, 6.07) is 23.3. The van der Waals surface area contributed by atoms with Crippen LogP contribution in [0.4, 0.5) is 0 Å². The van der Waals surface area contributed by atoms with Gasteiger partial charge in [0.05, 0.1) is 42.7 Å². The zero-order valence-corrected chi connectivity index (χ0v) is 28.4. The number of aromatic nitrogens is 1. The number of methoxy groups -OCH3 is 2. The lowest BCUT2D eigenvalue weighted by atomic mass is 9.93. The van der Waals surface area contributed by atoms with Gasteiger partial charge in [-0.25, -0.2) is 9.79 Å². The van der Waals surface area contributed by atoms with Crippen molar-refractivity contribution in [3.63, 3.8) is 0 Å². The van der Waals surface area contributed by atoms with E-state index in [4.69, 9.17) is 23.6 Å². The molecule has 0 radical (unpaired) electrons. The van der Waals surface area contributed by atoms with Crippen molar-refractivity contribution in [2.45, 2.75) is 13.0 Å². The molecule has 8 nitrogen and oxygen atoms in total. The van der Waals surface area contributed by atoms with E-state index in [1.807, 2.05) is 66.7 Å². The quantitative estimate of drug-likeness (QED) is 0.163. The van der Waals surface area contributed by atoms with Crippen molar-refractivity contribution >= 4 is 60.9 Å². The summed E-state index contributed by atoms with van der Waals surface area (Å²) in [6.45, 7) is 1.90. The maximum absolute atomic E-state index is 14.2. The fourth-order valence-corrected chi connectivity index (χ4v) is 6.95. The van der Waals surface area contributed by atoms with E-state index in [1.165, 1.54) is 23.0 Å². The number of carbonyl (C=O) groups excluding carboxylic acids is 1. The van der Waals surface area contributed by atoms with Gasteiger partial charge in [0.25, 0.3) is 5.56 Å². The zero-order valence-electron chi connectivity index (χ0n) is 24.4. The van der Waals surface area contributed by atoms with Crippen LogP contribution < -0.4 is 24.4 Å². The van der Waals surface area contributed by atoms with Gasteiger partial charge in [0, 0.05) is 26.1 Å². The number of carbonyl (C=O) groups is 1. The number of furan rings is 1. The predicted octanol–water partition coefficient (Wildman–Crippen LogP) is 6.74. The maximum Gasteiger partial charge on any atom is 0.338 e. The summed E-state index contributed by atoms with van der Waals surface area (Å²) in [7, 11) is 3.09. The van der Waals surface area contributed by atoms with E-state index in [1.54, 1.807) is 32.2 Å². The van der Waals surface area contributed by atoms with Crippen LogP contribution in [0, 0.1) is 0 Å². The molecule has 1 aliphatic heterocycles. The average Bonchev–Trinajstić information content (AvgIpc) is 3.65. The Morgan fingerprint density at radius 3 is 2.51 bits per heavy atom. The molecular weight excluding hydrogens is 724 g/mol. The zero-order chi connectivity index (χ0) is 31.7. The number of fused-ring (bicyclic) bond motifs is 1. The van der Waals surface area contributed by atoms with Gasteiger partial charge in [-0.2, -0.15) is 0 Å². The fraction of sp³-hybridized carbons (Fsp3) is 0.147. The topological polar surface area (TPSA) is 92.3 Å². The highest BCUT2D eigenvalue weighted by Gasteiger charge is 2.35. The molecule has 0 bridgehead atoms. The van der Waals surface area contributed by atoms with Gasteiger partial charge < -0.3 is 18.6 Å². The molecule has 228 valence electrons. The molecule has 0 amide bonds. The largest absolute Gasteiger partial charge is 0.493 e. The van der Waals surface area contributed by atoms with Gasteiger partial charge in [0.2, 0.25) is 0 Å². The van der Waals surface area contributed by atoms with E-state index in [0.29, 0.717) is 43.6 Å². The first-order valence-corrected chi connectivity index (χ1v) is 16.3. The van der Waals surface area contributed by atoms with Crippen molar-refractivity contribution in [1.82, 2.24) is 4.57 Å². The maximum atomic E-state index is 14.2. The number of rotatable bonds is 8. The summed E-state index contributed by atoms with van der Waals surface area (Å²) in [6.07, 6.45) is 1.70. The van der Waals surface area contributed by atoms with Crippen molar-refractivity contribution in [2.24, 2.45) is 4.99 Å². The van der Waals surface area contributed by atoms with Crippen LogP contribution in [0.15, 0.2) is 108 Å². The number of esters is 1. The standard InChI is InChI=1S/C34H26Br2N2O6S/c1-4-43-33(40)29-30(19-8-6-5-7-9-19)37-34-38(31(29)20-10-14-26(41-2)27(16-20)42-3)32(39)28(45-34)18-22-12-15-25(44-22)23-17-21(35)11-13-24(23)36/h5-18,31H,4H2,1-3H3/b28-18+/t31-/m0/s1. The second kappa shape index (κ2) is 13.0. The van der Waals surface area contributed by atoms with Gasteiger partial charge in [-0.15, -0.1) is 0 Å². The minimum absolute atomic E-state index is 0.155. The number of nitrogens with zero attached hydrogens (tertiary/aromatic N) is 2. The van der Waals surface area contributed by atoms with Crippen LogP contribution in [0.5, 0.6) is 11.5 Å². The van der Waals surface area contributed by atoms with Crippen molar-refractivity contribution < 1.29 is 23.4 Å². The fourth-order valence-electron chi connectivity index (χ4n) is 5.17. The Labute approximate surface area is 279 Å². The van der Waals surface area contributed by atoms with Crippen molar-refractivity contribution in [1.29, 1.82) is 0 Å². The Bertz CT molecular complexity index is 2130. The molecule has 1 atom stereocenters. The molecule has 0 N–H and O–H groups in total. The first kappa shape index (κ1) is 30.8. The highest BCUT2D eigenvalue weighted by molar-refractivity contribution is 9.11. The Balaban J connectivity index is 1.58. The second-order valence-electron chi connectivity index (χ2n) is 9.87. The number of hydrogen-bond donors (Lipinski definition) is 0. The Morgan fingerprint density at radius 2 is 1.78 bits per heavy atom. The Kier molecular flexibility index (Phi) is 8.93. The van der Waals surface area contributed by atoms with E-state index < -0.39 is 12.0 Å². The summed E-state index contributed by atoms with van der Waals surface area (Å²) in [5.41, 5.74) is 2.57. The third kappa shape index (κ3) is 5.95. The van der Waals surface area contributed by atoms with Gasteiger partial charge in [-0.05, 0) is 55.0 Å². The number of thiazole rings is 1. The molecule has 2 aromatic heterocycles. The van der Waals surface area contributed by atoms with Crippen LogP contribution in [0.1, 0.15) is 29.9 Å². The van der Waals surface area contributed by atoms with Gasteiger partial charge in [-0.1, -0.05) is 79.6 Å². The second-order valence-corrected chi connectivity index (χ2v) is 12.7. The molecule has 45 heavy (non-hydrogen) atoms. The van der Waals surface area contributed by atoms with Crippen LogP contribution >= 0.6 is 43.2 Å². The number of benzene rings is 3. The Hall–Kier alpha value is -4.19. The minimum Gasteiger partial charge on any atom is -0.493 e. The van der Waals surface area contributed by atoms with E-state index >= 15 is 0 Å². The monoisotopic (exact) mass is 748 g/mol. The molecule has 11 heteroatoms. The molecule has 5 aromatic rings. The summed E-state index contributed by atoms with van der Waals surface area (Å²) in [5, 5.41) is 0. The van der Waals surface area contributed by atoms with Gasteiger partial charge in [0.1, 0.15) is 11.5 Å². The summed E-state index contributed by atoms with van der Waals surface area (Å²) in [4.78, 5) is 33.3. The first-order chi connectivity index (χ1) is 21.8. The van der Waals surface area contributed by atoms with E-state index in [-0.39, 0.29) is 17.7 Å². The van der Waals surface area contributed by atoms with Crippen LogP contribution in [0.25, 0.3) is 23.1 Å². The van der Waals surface area contributed by atoms with Crippen molar-refractivity contribution in [2.75, 3.05) is 20.8 Å². The molecule has 1 aliphatic rings. The molecule has 0 saturated heterocycles. The van der Waals surface area contributed by atoms with Gasteiger partial charge >= 0.3 is 5.97 Å². The molecule has 0 fully saturated rings. The highest BCUT2D eigenvalue weighted by Crippen LogP contribution is 2.38. The number of halogens is 2. The van der Waals surface area contributed by atoms with Crippen LogP contribution in [-0.4, -0.2) is 31.4 Å². The predicted molar refractivity (Wildman–Crippen MR) is 180 cm³/mol. The SMILES string of the molecule is CCOC(=O)C1=C(c2ccccc2)N=c2s/c(=C/c3ccc(-c4cc(Br)ccc4Br)o3)c(=O)n2[C@H]1c1ccc(OC)c(OC)c1. The lowest BCUT2D eigenvalue weighted by Crippen LogP contribution is -2.40. The lowest BCUT2D eigenvalue weighted by Gasteiger charge is -2.26. The molecule has 3 aromatic carbocycles. The lowest BCUT2D eigenvalue weighted by molar-refractivity contribution is -0.138. The molecule has 0 unspecified atom stereocenters. The van der Waals surface area contributed by atoms with Crippen LogP contribution in [0.3, 0.4) is 0 Å². The molecule has 0 spiro atoms. The highest BCUT2D eigenvalue weighted by atomic mass is 79.9. The average molecular weight is 750 g/mol. The number of hydrogen-bond acceptors (Lipinski definition) is 8. The third-order valence-corrected chi connectivity index (χ3v) is 9.36. The Morgan fingerprint density at radius 1 is 1.00 bits per heavy atom. The van der Waals surface area contributed by atoms with E-state index in [0.717, 1.165) is 20.1 Å². The summed E-state index contributed by atoms with van der Waals surface area (Å²) >= 11 is 8.31. The van der Waals surface area contributed by atoms with Gasteiger partial charge in [-0.3, -0.25) is 9.36 Å². The normalized spacial score (nSPS) is 14.6. The smallest absolute Gasteiger partial charge is 0.338 e. The summed E-state index contributed by atoms with van der Waals surface area (Å²) in [5.74, 6) is 1.55. The van der Waals surface area contributed by atoms with Gasteiger partial charge in [0.15, 0.2) is 16.3 Å².